The Balaban J connectivity index is 1.78. The Morgan fingerprint density at radius 2 is 2.12 bits per heavy atom. The second-order valence-corrected chi connectivity index (χ2v) is 6.27. The first-order valence-corrected chi connectivity index (χ1v) is 8.20. The van der Waals surface area contributed by atoms with E-state index in [9.17, 15) is 18.0 Å². The third kappa shape index (κ3) is 4.30. The maximum Gasteiger partial charge on any atom is 0.422 e. The Hall–Kier alpha value is -2.55. The molecule has 3 rings (SSSR count). The van der Waals surface area contributed by atoms with E-state index in [4.69, 9.17) is 4.74 Å². The highest BCUT2D eigenvalue weighted by atomic mass is 32.1. The molecule has 3 aromatic rings. The molecule has 2 heterocycles. The number of hydrogen-bond donors (Lipinski definition) is 1. The van der Waals surface area contributed by atoms with Crippen LogP contribution in [0.25, 0.3) is 4.96 Å². The molecule has 0 aliphatic heterocycles. The summed E-state index contributed by atoms with van der Waals surface area (Å²) in [5, 5.41) is 4.73. The van der Waals surface area contributed by atoms with E-state index in [1.54, 1.807) is 30.6 Å². The third-order valence-corrected chi connectivity index (χ3v) is 4.10. The number of thiazole rings is 1. The molecule has 0 saturated heterocycles. The minimum atomic E-state index is -4.42. The molecule has 9 heteroatoms. The summed E-state index contributed by atoms with van der Waals surface area (Å²) in [7, 11) is 0. The lowest BCUT2D eigenvalue weighted by Gasteiger charge is -2.15. The molecule has 0 spiro atoms. The van der Waals surface area contributed by atoms with Crippen molar-refractivity contribution >= 4 is 22.0 Å². The summed E-state index contributed by atoms with van der Waals surface area (Å²) in [6.45, 7) is 0.582. The van der Waals surface area contributed by atoms with Gasteiger partial charge in [-0.2, -0.15) is 13.2 Å². The van der Waals surface area contributed by atoms with Crippen LogP contribution in [0.3, 0.4) is 0 Å². The van der Waals surface area contributed by atoms with Gasteiger partial charge in [0.2, 0.25) is 0 Å². The maximum absolute atomic E-state index is 12.4. The molecule has 1 N–H and O–H groups in total. The van der Waals surface area contributed by atoms with Crippen molar-refractivity contribution in [2.24, 2.45) is 0 Å². The molecule has 132 valence electrons. The van der Waals surface area contributed by atoms with Crippen molar-refractivity contribution in [1.82, 2.24) is 9.38 Å². The van der Waals surface area contributed by atoms with Crippen molar-refractivity contribution in [3.63, 3.8) is 0 Å². The van der Waals surface area contributed by atoms with Crippen LogP contribution >= 0.6 is 11.3 Å². The highest BCUT2D eigenvalue weighted by Gasteiger charge is 2.28. The van der Waals surface area contributed by atoms with Crippen LogP contribution in [0.4, 0.5) is 18.9 Å². The number of nitrogens with zero attached hydrogens (tertiary/aromatic N) is 2. The lowest BCUT2D eigenvalue weighted by molar-refractivity contribution is -0.153. The summed E-state index contributed by atoms with van der Waals surface area (Å²) < 4.78 is 43.5. The van der Waals surface area contributed by atoms with Crippen LogP contribution < -0.4 is 15.6 Å². The SMILES string of the molecule is Cc1ccc(NCc2cc(=O)n3ccsc3n2)c(OCC(F)(F)F)c1. The van der Waals surface area contributed by atoms with Gasteiger partial charge in [0.25, 0.3) is 5.56 Å². The van der Waals surface area contributed by atoms with Crippen molar-refractivity contribution in [3.05, 3.63) is 57.5 Å². The van der Waals surface area contributed by atoms with Crippen molar-refractivity contribution in [2.75, 3.05) is 11.9 Å². The quantitative estimate of drug-likeness (QED) is 0.746. The molecule has 0 fully saturated rings. The first-order chi connectivity index (χ1) is 11.8. The second-order valence-electron chi connectivity index (χ2n) is 5.40. The Labute approximate surface area is 144 Å². The lowest BCUT2D eigenvalue weighted by atomic mass is 10.2. The molecule has 0 atom stereocenters. The first-order valence-electron chi connectivity index (χ1n) is 7.32. The van der Waals surface area contributed by atoms with Gasteiger partial charge in [-0.3, -0.25) is 9.20 Å². The molecular weight excluding hydrogens is 355 g/mol. The van der Waals surface area contributed by atoms with Gasteiger partial charge in [-0.1, -0.05) is 6.07 Å². The zero-order chi connectivity index (χ0) is 18.0. The zero-order valence-corrected chi connectivity index (χ0v) is 13.9. The number of ether oxygens (including phenoxy) is 1. The van der Waals surface area contributed by atoms with Gasteiger partial charge >= 0.3 is 6.18 Å². The number of nitrogens with one attached hydrogen (secondary N) is 1. The number of aryl methyl sites for hydroxylation is 1. The van der Waals surface area contributed by atoms with Crippen molar-refractivity contribution in [2.45, 2.75) is 19.6 Å². The van der Waals surface area contributed by atoms with Crippen LogP contribution in [0.2, 0.25) is 0 Å². The summed E-state index contributed by atoms with van der Waals surface area (Å²) in [5.41, 5.74) is 1.47. The average molecular weight is 369 g/mol. The lowest BCUT2D eigenvalue weighted by Crippen LogP contribution is -2.20. The van der Waals surface area contributed by atoms with E-state index < -0.39 is 12.8 Å². The number of fused-ring (bicyclic) bond motifs is 1. The summed E-state index contributed by atoms with van der Waals surface area (Å²) in [6, 6.07) is 6.31. The van der Waals surface area contributed by atoms with Crippen LogP contribution in [0, 0.1) is 6.92 Å². The van der Waals surface area contributed by atoms with Crippen LogP contribution in [0.1, 0.15) is 11.3 Å². The first kappa shape index (κ1) is 17.3. The van der Waals surface area contributed by atoms with Gasteiger partial charge in [0, 0.05) is 17.6 Å². The van der Waals surface area contributed by atoms with Crippen LogP contribution in [-0.2, 0) is 6.54 Å². The number of hydrogen-bond acceptors (Lipinski definition) is 5. The fraction of sp³-hybridized carbons (Fsp3) is 0.250. The molecule has 5 nitrogen and oxygen atoms in total. The predicted octanol–water partition coefficient (Wildman–Crippen LogP) is 3.62. The third-order valence-electron chi connectivity index (χ3n) is 3.34. The molecule has 2 aromatic heterocycles. The predicted molar refractivity (Wildman–Crippen MR) is 89.4 cm³/mol. The van der Waals surface area contributed by atoms with E-state index in [2.05, 4.69) is 10.3 Å². The van der Waals surface area contributed by atoms with Gasteiger partial charge in [-0.05, 0) is 24.6 Å². The molecule has 0 radical (unpaired) electrons. The Morgan fingerprint density at radius 1 is 1.32 bits per heavy atom. The molecule has 0 unspecified atom stereocenters. The number of anilines is 1. The van der Waals surface area contributed by atoms with Gasteiger partial charge in [0.1, 0.15) is 5.75 Å². The Kier molecular flexibility index (Phi) is 4.67. The number of benzene rings is 1. The molecule has 25 heavy (non-hydrogen) atoms. The van der Waals surface area contributed by atoms with Crippen LogP contribution in [-0.4, -0.2) is 22.2 Å². The monoisotopic (exact) mass is 369 g/mol. The highest BCUT2D eigenvalue weighted by molar-refractivity contribution is 7.15. The normalized spacial score (nSPS) is 11.7. The Bertz CT molecular complexity index is 950. The van der Waals surface area contributed by atoms with Crippen molar-refractivity contribution < 1.29 is 17.9 Å². The smallest absolute Gasteiger partial charge is 0.422 e. The molecule has 1 aromatic carbocycles. The summed E-state index contributed by atoms with van der Waals surface area (Å²) in [4.78, 5) is 16.8. The summed E-state index contributed by atoms with van der Waals surface area (Å²) in [5.74, 6) is 0.103. The van der Waals surface area contributed by atoms with E-state index in [1.807, 2.05) is 0 Å². The minimum absolute atomic E-state index is 0.103. The fourth-order valence-electron chi connectivity index (χ4n) is 2.22. The highest BCUT2D eigenvalue weighted by Crippen LogP contribution is 2.28. The number of aromatic nitrogens is 2. The average Bonchev–Trinajstić information content (AvgIpc) is 3.00. The summed E-state index contributed by atoms with van der Waals surface area (Å²) >= 11 is 1.33. The molecule has 0 bridgehead atoms. The zero-order valence-electron chi connectivity index (χ0n) is 13.1. The molecule has 0 aliphatic carbocycles. The molecule has 0 saturated carbocycles. The topological polar surface area (TPSA) is 55.6 Å². The van der Waals surface area contributed by atoms with Crippen molar-refractivity contribution in [1.29, 1.82) is 0 Å². The van der Waals surface area contributed by atoms with E-state index >= 15 is 0 Å². The maximum atomic E-state index is 12.4. The van der Waals surface area contributed by atoms with Crippen molar-refractivity contribution in [3.8, 4) is 5.75 Å². The van der Waals surface area contributed by atoms with Gasteiger partial charge in [-0.25, -0.2) is 4.98 Å². The van der Waals surface area contributed by atoms with Gasteiger partial charge < -0.3 is 10.1 Å². The standard InChI is InChI=1S/C16H14F3N3O2S/c1-10-2-3-12(13(6-10)24-9-16(17,18)19)20-8-11-7-14(23)22-4-5-25-15(22)21-11/h2-7,20H,8-9H2,1H3. The number of halogens is 3. The minimum Gasteiger partial charge on any atom is -0.482 e. The van der Waals surface area contributed by atoms with Crippen LogP contribution in [0.5, 0.6) is 5.75 Å². The Morgan fingerprint density at radius 3 is 2.88 bits per heavy atom. The molecule has 0 aliphatic rings. The fourth-order valence-corrected chi connectivity index (χ4v) is 2.96. The second kappa shape index (κ2) is 6.75. The van der Waals surface area contributed by atoms with Gasteiger partial charge in [0.05, 0.1) is 17.9 Å². The van der Waals surface area contributed by atoms with E-state index in [0.717, 1.165) is 5.56 Å². The molecular formula is C16H14F3N3O2S. The van der Waals surface area contributed by atoms with E-state index in [-0.39, 0.29) is 17.9 Å². The van der Waals surface area contributed by atoms with E-state index in [0.29, 0.717) is 16.3 Å². The number of rotatable bonds is 5. The van der Waals surface area contributed by atoms with E-state index in [1.165, 1.54) is 27.9 Å². The van der Waals surface area contributed by atoms with Gasteiger partial charge in [-0.15, -0.1) is 11.3 Å². The largest absolute Gasteiger partial charge is 0.482 e. The summed E-state index contributed by atoms with van der Waals surface area (Å²) in [6.07, 6.45) is -2.78. The van der Waals surface area contributed by atoms with Gasteiger partial charge in [0.15, 0.2) is 11.6 Å². The van der Waals surface area contributed by atoms with Crippen LogP contribution in [0.15, 0.2) is 40.6 Å². The molecule has 0 amide bonds. The number of alkyl halides is 3.